The van der Waals surface area contributed by atoms with Gasteiger partial charge in [0.15, 0.2) is 0 Å². The monoisotopic (exact) mass is 353 g/mol. The molecule has 2 aromatic carbocycles. The Kier molecular flexibility index (Phi) is 3.18. The van der Waals surface area contributed by atoms with Crippen LogP contribution in [-0.4, -0.2) is 9.55 Å². The van der Waals surface area contributed by atoms with Crippen molar-refractivity contribution in [3.8, 4) is 5.69 Å². The quantitative estimate of drug-likeness (QED) is 0.700. The predicted molar refractivity (Wildman–Crippen MR) is 82.9 cm³/mol. The Morgan fingerprint density at radius 2 is 2.10 bits per heavy atom. The van der Waals surface area contributed by atoms with Crippen LogP contribution < -0.4 is 5.73 Å². The number of hydrogen-bond acceptors (Lipinski definition) is 2. The number of hydrogen-bond donors (Lipinski definition) is 1. The van der Waals surface area contributed by atoms with Crippen molar-refractivity contribution >= 4 is 44.5 Å². The lowest BCUT2D eigenvalue weighted by molar-refractivity contribution is 0.619. The highest BCUT2D eigenvalue weighted by molar-refractivity contribution is 9.10. The molecular formula is C14H10BrClFN3. The highest BCUT2D eigenvalue weighted by atomic mass is 79.9. The molecule has 20 heavy (non-hydrogen) atoms. The van der Waals surface area contributed by atoms with Crippen LogP contribution in [0.2, 0.25) is 5.02 Å². The van der Waals surface area contributed by atoms with Gasteiger partial charge in [0.05, 0.1) is 26.2 Å². The number of nitrogens with two attached hydrogens (primary N) is 1. The van der Waals surface area contributed by atoms with Crippen LogP contribution in [-0.2, 0) is 0 Å². The van der Waals surface area contributed by atoms with Crippen LogP contribution in [0.5, 0.6) is 0 Å². The average molecular weight is 355 g/mol. The van der Waals surface area contributed by atoms with Crippen LogP contribution in [0.4, 0.5) is 10.3 Å². The Morgan fingerprint density at radius 1 is 1.35 bits per heavy atom. The lowest BCUT2D eigenvalue weighted by Gasteiger charge is -2.11. The number of aromatic nitrogens is 2. The lowest BCUT2D eigenvalue weighted by Crippen LogP contribution is -2.03. The summed E-state index contributed by atoms with van der Waals surface area (Å²) in [7, 11) is 0. The Balaban J connectivity index is 2.41. The molecule has 1 aromatic heterocycles. The highest BCUT2D eigenvalue weighted by Crippen LogP contribution is 2.32. The molecule has 0 radical (unpaired) electrons. The van der Waals surface area contributed by atoms with E-state index in [0.717, 1.165) is 5.56 Å². The normalized spacial score (nSPS) is 11.2. The molecule has 3 nitrogen and oxygen atoms in total. The van der Waals surface area contributed by atoms with Gasteiger partial charge in [-0.15, -0.1) is 0 Å². The standard InChI is InChI=1S/C14H10BrClFN3/c1-7-5-8(15)10(17)6-12(7)20-13-9(16)3-2-4-11(13)19-14(20)18/h2-6H,1H3,(H2,18,19). The van der Waals surface area contributed by atoms with E-state index in [0.29, 0.717) is 26.2 Å². The molecule has 102 valence electrons. The van der Waals surface area contributed by atoms with E-state index in [9.17, 15) is 4.39 Å². The minimum atomic E-state index is -0.362. The van der Waals surface area contributed by atoms with E-state index >= 15 is 0 Å². The van der Waals surface area contributed by atoms with E-state index in [-0.39, 0.29) is 11.8 Å². The summed E-state index contributed by atoms with van der Waals surface area (Å²) in [6, 6.07) is 8.49. The number of rotatable bonds is 1. The first-order chi connectivity index (χ1) is 9.49. The van der Waals surface area contributed by atoms with Gasteiger partial charge >= 0.3 is 0 Å². The van der Waals surface area contributed by atoms with Crippen LogP contribution in [0, 0.1) is 12.7 Å². The predicted octanol–water partition coefficient (Wildman–Crippen LogP) is 4.47. The lowest BCUT2D eigenvalue weighted by atomic mass is 10.2. The molecule has 3 aromatic rings. The average Bonchev–Trinajstić information content (AvgIpc) is 2.71. The zero-order valence-electron chi connectivity index (χ0n) is 10.5. The molecule has 3 rings (SSSR count). The number of para-hydroxylation sites is 1. The molecule has 0 fully saturated rings. The molecule has 2 N–H and O–H groups in total. The molecule has 0 aliphatic heterocycles. The topological polar surface area (TPSA) is 43.8 Å². The van der Waals surface area contributed by atoms with Crippen molar-refractivity contribution in [2.75, 3.05) is 5.73 Å². The van der Waals surface area contributed by atoms with Gasteiger partial charge in [-0.05, 0) is 52.7 Å². The van der Waals surface area contributed by atoms with Gasteiger partial charge < -0.3 is 5.73 Å². The molecular weight excluding hydrogens is 345 g/mol. The molecule has 0 unspecified atom stereocenters. The van der Waals surface area contributed by atoms with Crippen LogP contribution in [0.1, 0.15) is 5.56 Å². The first-order valence-electron chi connectivity index (χ1n) is 5.87. The number of aryl methyl sites for hydroxylation is 1. The number of imidazole rings is 1. The number of nitrogens with zero attached hydrogens (tertiary/aromatic N) is 2. The molecule has 6 heteroatoms. The second kappa shape index (κ2) is 4.75. The summed E-state index contributed by atoms with van der Waals surface area (Å²) in [5.41, 5.74) is 8.81. The molecule has 0 aliphatic carbocycles. The smallest absolute Gasteiger partial charge is 0.205 e. The molecule has 0 saturated heterocycles. The summed E-state index contributed by atoms with van der Waals surface area (Å²) >= 11 is 9.40. The van der Waals surface area contributed by atoms with Gasteiger partial charge in [0.1, 0.15) is 5.82 Å². The third-order valence-corrected chi connectivity index (χ3v) is 4.05. The Labute approximate surface area is 128 Å². The third kappa shape index (κ3) is 1.98. The Bertz CT molecular complexity index is 829. The molecule has 0 aliphatic rings. The van der Waals surface area contributed by atoms with Gasteiger partial charge in [0, 0.05) is 0 Å². The molecule has 0 bridgehead atoms. The summed E-state index contributed by atoms with van der Waals surface area (Å²) in [5.74, 6) is -0.0863. The van der Waals surface area contributed by atoms with Crippen LogP contribution in [0.25, 0.3) is 16.7 Å². The number of halogens is 3. The van der Waals surface area contributed by atoms with E-state index in [4.69, 9.17) is 17.3 Å². The van der Waals surface area contributed by atoms with Crippen molar-refractivity contribution in [2.45, 2.75) is 6.92 Å². The molecule has 0 amide bonds. The van der Waals surface area contributed by atoms with Gasteiger partial charge in [0.2, 0.25) is 5.95 Å². The summed E-state index contributed by atoms with van der Waals surface area (Å²) < 4.78 is 15.9. The number of anilines is 1. The van der Waals surface area contributed by atoms with Crippen molar-refractivity contribution in [3.05, 3.63) is 51.2 Å². The van der Waals surface area contributed by atoms with Gasteiger partial charge in [-0.2, -0.15) is 0 Å². The van der Waals surface area contributed by atoms with E-state index in [2.05, 4.69) is 20.9 Å². The molecule has 0 atom stereocenters. The summed E-state index contributed by atoms with van der Waals surface area (Å²) in [6.07, 6.45) is 0. The summed E-state index contributed by atoms with van der Waals surface area (Å²) in [5, 5.41) is 0.523. The van der Waals surface area contributed by atoms with E-state index in [1.165, 1.54) is 6.07 Å². The van der Waals surface area contributed by atoms with Gasteiger partial charge in [-0.3, -0.25) is 4.57 Å². The van der Waals surface area contributed by atoms with Crippen molar-refractivity contribution < 1.29 is 4.39 Å². The van der Waals surface area contributed by atoms with Gasteiger partial charge in [-0.1, -0.05) is 17.7 Å². The fourth-order valence-corrected chi connectivity index (χ4v) is 2.94. The fraction of sp³-hybridized carbons (Fsp3) is 0.0714. The largest absolute Gasteiger partial charge is 0.369 e. The van der Waals surface area contributed by atoms with E-state index < -0.39 is 0 Å². The Hall–Kier alpha value is -1.59. The zero-order valence-corrected chi connectivity index (χ0v) is 12.8. The van der Waals surface area contributed by atoms with Crippen LogP contribution in [0.15, 0.2) is 34.8 Å². The van der Waals surface area contributed by atoms with E-state index in [1.54, 1.807) is 22.8 Å². The fourth-order valence-electron chi connectivity index (χ4n) is 2.22. The maximum atomic E-state index is 13.8. The minimum absolute atomic E-state index is 0.276. The SMILES string of the molecule is Cc1cc(Br)c(F)cc1-n1c(N)nc2cccc(Cl)c21. The maximum Gasteiger partial charge on any atom is 0.205 e. The van der Waals surface area contributed by atoms with Crippen LogP contribution >= 0.6 is 27.5 Å². The third-order valence-electron chi connectivity index (χ3n) is 3.13. The zero-order chi connectivity index (χ0) is 14.4. The van der Waals surface area contributed by atoms with Gasteiger partial charge in [0.25, 0.3) is 0 Å². The summed E-state index contributed by atoms with van der Waals surface area (Å²) in [6.45, 7) is 1.88. The van der Waals surface area contributed by atoms with Crippen molar-refractivity contribution in [1.82, 2.24) is 9.55 Å². The number of benzene rings is 2. The van der Waals surface area contributed by atoms with Crippen molar-refractivity contribution in [3.63, 3.8) is 0 Å². The minimum Gasteiger partial charge on any atom is -0.369 e. The second-order valence-corrected chi connectivity index (χ2v) is 5.73. The van der Waals surface area contributed by atoms with E-state index in [1.807, 2.05) is 13.0 Å². The number of fused-ring (bicyclic) bond motifs is 1. The molecule has 0 spiro atoms. The molecule has 0 saturated carbocycles. The first kappa shape index (κ1) is 13.4. The van der Waals surface area contributed by atoms with Crippen molar-refractivity contribution in [1.29, 1.82) is 0 Å². The van der Waals surface area contributed by atoms with Crippen LogP contribution in [0.3, 0.4) is 0 Å². The second-order valence-electron chi connectivity index (χ2n) is 4.47. The molecule has 1 heterocycles. The van der Waals surface area contributed by atoms with Gasteiger partial charge in [-0.25, -0.2) is 9.37 Å². The highest BCUT2D eigenvalue weighted by Gasteiger charge is 2.16. The first-order valence-corrected chi connectivity index (χ1v) is 7.04. The Morgan fingerprint density at radius 3 is 2.85 bits per heavy atom. The van der Waals surface area contributed by atoms with Crippen molar-refractivity contribution in [2.24, 2.45) is 0 Å². The maximum absolute atomic E-state index is 13.8. The number of nitrogen functional groups attached to an aromatic ring is 1. The summed E-state index contributed by atoms with van der Waals surface area (Å²) in [4.78, 5) is 4.27.